The first-order valence-corrected chi connectivity index (χ1v) is 27.9. The van der Waals surface area contributed by atoms with E-state index in [1.807, 2.05) is 0 Å². The Balaban J connectivity index is 4.14. The van der Waals surface area contributed by atoms with Gasteiger partial charge < -0.3 is 20.1 Å². The van der Waals surface area contributed by atoms with Gasteiger partial charge in [0.2, 0.25) is 0 Å². The Morgan fingerprint density at radius 3 is 1.24 bits per heavy atom. The van der Waals surface area contributed by atoms with Crippen LogP contribution in [0.4, 0.5) is 0 Å². The maximum absolute atomic E-state index is 12.7. The van der Waals surface area contributed by atoms with Crippen LogP contribution < -0.4 is 5.73 Å². The number of allylic oxidation sites excluding steroid dienone is 18. The number of phosphoric ester groups is 1. The fraction of sp³-hybridized carbons (Fsp3) is 0.649. The van der Waals surface area contributed by atoms with Gasteiger partial charge in [-0.1, -0.05) is 200 Å². The van der Waals surface area contributed by atoms with Crippen molar-refractivity contribution < 1.29 is 37.6 Å². The van der Waals surface area contributed by atoms with Gasteiger partial charge in [0, 0.05) is 19.4 Å². The third-order valence-electron chi connectivity index (χ3n) is 10.6. The molecule has 3 N–H and O–H groups in total. The van der Waals surface area contributed by atoms with Crippen LogP contribution in [0.3, 0.4) is 0 Å². The summed E-state index contributed by atoms with van der Waals surface area (Å²) in [6, 6.07) is 0. The van der Waals surface area contributed by atoms with Gasteiger partial charge in [-0.05, 0) is 103 Å². The van der Waals surface area contributed by atoms with Gasteiger partial charge in [0.05, 0.1) is 13.2 Å². The van der Waals surface area contributed by atoms with E-state index in [1.165, 1.54) is 64.2 Å². The molecule has 2 atom stereocenters. The molecule has 0 saturated heterocycles. The summed E-state index contributed by atoms with van der Waals surface area (Å²) in [5, 5.41) is 0. The third-order valence-corrected chi connectivity index (χ3v) is 11.6. The van der Waals surface area contributed by atoms with Crippen molar-refractivity contribution in [3.63, 3.8) is 0 Å². The van der Waals surface area contributed by atoms with Gasteiger partial charge in [-0.3, -0.25) is 18.6 Å². The lowest BCUT2D eigenvalue weighted by Gasteiger charge is -2.19. The molecule has 0 saturated carbocycles. The van der Waals surface area contributed by atoms with Crippen molar-refractivity contribution in [2.75, 3.05) is 26.4 Å². The summed E-state index contributed by atoms with van der Waals surface area (Å²) in [5.41, 5.74) is 5.37. The minimum atomic E-state index is -4.40. The first-order valence-electron chi connectivity index (χ1n) is 26.4. The molecule has 0 amide bonds. The lowest BCUT2D eigenvalue weighted by atomic mass is 10.1. The Labute approximate surface area is 409 Å². The molecule has 10 heteroatoms. The molecule has 67 heavy (non-hydrogen) atoms. The van der Waals surface area contributed by atoms with Crippen LogP contribution in [0.2, 0.25) is 0 Å². The molecule has 0 spiro atoms. The van der Waals surface area contributed by atoms with E-state index >= 15 is 0 Å². The van der Waals surface area contributed by atoms with Crippen LogP contribution in [-0.2, 0) is 32.7 Å². The Hall–Kier alpha value is -3.33. The summed E-state index contributed by atoms with van der Waals surface area (Å²) in [6.45, 7) is 3.57. The fourth-order valence-electron chi connectivity index (χ4n) is 6.76. The third kappa shape index (κ3) is 51.9. The van der Waals surface area contributed by atoms with Crippen molar-refractivity contribution >= 4 is 19.8 Å². The molecule has 0 radical (unpaired) electrons. The maximum atomic E-state index is 12.7. The van der Waals surface area contributed by atoms with Gasteiger partial charge in [-0.15, -0.1) is 0 Å². The van der Waals surface area contributed by atoms with Crippen LogP contribution in [0.25, 0.3) is 0 Å². The van der Waals surface area contributed by atoms with Crippen molar-refractivity contribution in [1.29, 1.82) is 0 Å². The summed E-state index contributed by atoms with van der Waals surface area (Å²) in [7, 11) is -4.40. The molecule has 0 aromatic carbocycles. The van der Waals surface area contributed by atoms with E-state index < -0.39 is 32.5 Å². The van der Waals surface area contributed by atoms with E-state index in [0.29, 0.717) is 6.42 Å². The minimum absolute atomic E-state index is 0.0425. The zero-order valence-corrected chi connectivity index (χ0v) is 43.2. The van der Waals surface area contributed by atoms with Crippen LogP contribution in [0, 0.1) is 0 Å². The number of esters is 2. The number of carbonyl (C=O) groups excluding carboxylic acids is 2. The molecule has 0 aliphatic rings. The quantitative estimate of drug-likeness (QED) is 0.0264. The number of carbonyl (C=O) groups is 2. The van der Waals surface area contributed by atoms with Gasteiger partial charge in [-0.2, -0.15) is 0 Å². The van der Waals surface area contributed by atoms with E-state index in [4.69, 9.17) is 24.3 Å². The topological polar surface area (TPSA) is 134 Å². The van der Waals surface area contributed by atoms with Gasteiger partial charge in [0.25, 0.3) is 0 Å². The first-order chi connectivity index (χ1) is 32.8. The Morgan fingerprint density at radius 2 is 0.821 bits per heavy atom. The predicted octanol–water partition coefficient (Wildman–Crippen LogP) is 16.3. The minimum Gasteiger partial charge on any atom is -0.462 e. The number of phosphoric acid groups is 1. The molecule has 9 nitrogen and oxygen atoms in total. The van der Waals surface area contributed by atoms with Gasteiger partial charge in [-0.25, -0.2) is 4.57 Å². The Morgan fingerprint density at radius 1 is 0.463 bits per heavy atom. The van der Waals surface area contributed by atoms with Crippen LogP contribution in [-0.4, -0.2) is 49.3 Å². The molecule has 0 aliphatic carbocycles. The molecule has 0 aromatic heterocycles. The molecule has 382 valence electrons. The zero-order chi connectivity index (χ0) is 48.8. The average Bonchev–Trinajstić information content (AvgIpc) is 3.32. The molecule has 0 aliphatic heterocycles. The predicted molar refractivity (Wildman–Crippen MR) is 284 cm³/mol. The standard InChI is InChI=1S/C57H96NO8P/c1-3-5-7-9-11-13-15-17-19-21-22-23-24-25-26-27-28-29-30-31-32-34-36-38-40-42-44-46-48-50-57(60)66-55(54-65-67(61,62)64-52-51-58)53-63-56(59)49-47-45-43-41-39-37-35-33-20-18-16-14-12-10-8-6-4-2/h5,7,11,13,17-20,22-23,25-26,28-29,31-32,36,38,55H,3-4,6,8-10,12,14-16,21,24,27,30,33-35,37,39-54,58H2,1-2H3,(H,61,62)/b7-5-,13-11-,19-17-,20-18-,23-22-,26-25-,29-28-,32-31-,38-36-. The van der Waals surface area contributed by atoms with Crippen LogP contribution in [0.5, 0.6) is 0 Å². The molecule has 0 bridgehead atoms. The van der Waals surface area contributed by atoms with Crippen molar-refractivity contribution in [2.45, 2.75) is 213 Å². The monoisotopic (exact) mass is 954 g/mol. The van der Waals surface area contributed by atoms with Crippen LogP contribution in [0.1, 0.15) is 206 Å². The second-order valence-electron chi connectivity index (χ2n) is 17.0. The second-order valence-corrected chi connectivity index (χ2v) is 18.5. The number of ether oxygens (including phenoxy) is 2. The highest BCUT2D eigenvalue weighted by Crippen LogP contribution is 2.43. The van der Waals surface area contributed by atoms with Gasteiger partial charge >= 0.3 is 19.8 Å². The number of rotatable bonds is 48. The van der Waals surface area contributed by atoms with Gasteiger partial charge in [0.1, 0.15) is 6.61 Å². The van der Waals surface area contributed by atoms with E-state index in [1.54, 1.807) is 0 Å². The molecular weight excluding hydrogens is 858 g/mol. The lowest BCUT2D eigenvalue weighted by Crippen LogP contribution is -2.29. The van der Waals surface area contributed by atoms with Crippen LogP contribution in [0.15, 0.2) is 109 Å². The highest BCUT2D eigenvalue weighted by atomic mass is 31.2. The highest BCUT2D eigenvalue weighted by Gasteiger charge is 2.26. The van der Waals surface area contributed by atoms with Crippen LogP contribution >= 0.6 is 7.82 Å². The fourth-order valence-corrected chi connectivity index (χ4v) is 7.53. The SMILES string of the molecule is CC/C=C\C/C=C\C/C=C\C/C=C\C/C=C\C/C=C\C/C=C\C/C=C\CCCCCCC(=O)OC(COC(=O)CCCCCCCCC/C=C\CCCCCCCC)COP(=O)(O)OCCN. The summed E-state index contributed by atoms with van der Waals surface area (Å²) in [6.07, 6.45) is 69.8. The molecule has 2 unspecified atom stereocenters. The van der Waals surface area contributed by atoms with E-state index in [-0.39, 0.29) is 32.6 Å². The first kappa shape index (κ1) is 63.7. The van der Waals surface area contributed by atoms with Crippen molar-refractivity contribution in [3.8, 4) is 0 Å². The van der Waals surface area contributed by atoms with E-state index in [0.717, 1.165) is 109 Å². The van der Waals surface area contributed by atoms with Crippen molar-refractivity contribution in [2.24, 2.45) is 5.73 Å². The van der Waals surface area contributed by atoms with E-state index in [2.05, 4.69) is 123 Å². The summed E-state index contributed by atoms with van der Waals surface area (Å²) < 4.78 is 32.9. The number of hydrogen-bond acceptors (Lipinski definition) is 8. The molecular formula is C57H96NO8P. The number of nitrogens with two attached hydrogens (primary N) is 1. The summed E-state index contributed by atoms with van der Waals surface area (Å²) in [5.74, 6) is -0.869. The normalized spacial score (nSPS) is 14.0. The molecule has 0 fully saturated rings. The van der Waals surface area contributed by atoms with Crippen molar-refractivity contribution in [3.05, 3.63) is 109 Å². The summed E-state index contributed by atoms with van der Waals surface area (Å²) >= 11 is 0. The lowest BCUT2D eigenvalue weighted by molar-refractivity contribution is -0.161. The second kappa shape index (κ2) is 52.0. The largest absolute Gasteiger partial charge is 0.472 e. The maximum Gasteiger partial charge on any atom is 0.472 e. The zero-order valence-electron chi connectivity index (χ0n) is 42.3. The summed E-state index contributed by atoms with van der Waals surface area (Å²) in [4.78, 5) is 35.1. The highest BCUT2D eigenvalue weighted by molar-refractivity contribution is 7.47. The molecule has 0 heterocycles. The molecule has 0 aromatic rings. The molecule has 0 rings (SSSR count). The van der Waals surface area contributed by atoms with E-state index in [9.17, 15) is 19.0 Å². The number of unbranched alkanes of at least 4 members (excludes halogenated alkanes) is 17. The average molecular weight is 954 g/mol. The van der Waals surface area contributed by atoms with Crippen molar-refractivity contribution in [1.82, 2.24) is 0 Å². The Bertz CT molecular complexity index is 1460. The Kier molecular flexibility index (Phi) is 49.5. The number of hydrogen-bond donors (Lipinski definition) is 2. The smallest absolute Gasteiger partial charge is 0.462 e. The van der Waals surface area contributed by atoms with Gasteiger partial charge in [0.15, 0.2) is 6.10 Å².